The molecule has 9 heteroatoms. The summed E-state index contributed by atoms with van der Waals surface area (Å²) in [4.78, 5) is 14.8. The summed E-state index contributed by atoms with van der Waals surface area (Å²) < 4.78 is 17.4. The predicted octanol–water partition coefficient (Wildman–Crippen LogP) is 4.32. The van der Waals surface area contributed by atoms with Crippen LogP contribution in [0.15, 0.2) is 71.1 Å². The molecular weight excluding hydrogens is 434 g/mol. The maximum atomic E-state index is 12.6. The molecule has 0 N–H and O–H groups in total. The van der Waals surface area contributed by atoms with E-state index in [0.717, 1.165) is 31.7 Å². The molecule has 0 aliphatic carbocycles. The monoisotopic (exact) mass is 455 g/mol. The molecule has 9 nitrogen and oxygen atoms in total. The second-order valence-electron chi connectivity index (χ2n) is 8.43. The van der Waals surface area contributed by atoms with Gasteiger partial charge < -0.3 is 18.8 Å². The minimum Gasteiger partial charge on any atom is -0.486 e. The highest BCUT2D eigenvalue weighted by atomic mass is 16.6. The van der Waals surface area contributed by atoms with Gasteiger partial charge in [-0.3, -0.25) is 4.79 Å². The third-order valence-electron chi connectivity index (χ3n) is 6.22. The minimum atomic E-state index is -0.450. The maximum absolute atomic E-state index is 12.6. The molecule has 2 aromatic carbocycles. The van der Waals surface area contributed by atoms with Gasteiger partial charge in [-0.05, 0) is 36.4 Å². The lowest BCUT2D eigenvalue weighted by atomic mass is 9.82. The molecule has 0 bridgehead atoms. The lowest BCUT2D eigenvalue weighted by molar-refractivity contribution is 0.0231. The Hall–Kier alpha value is -4.27. The molecule has 1 spiro atoms. The molecule has 2 aromatic heterocycles. The zero-order chi connectivity index (χ0) is 23.0. The predicted molar refractivity (Wildman–Crippen MR) is 122 cm³/mol. The standard InChI is InChI=1S/C25H21N5O4/c31-20-16-25(34-21-9-5-4-8-18(20)21)12-14-30(15-13-25)22-11-10-19(26-27-22)23-28-29-24(33-23)32-17-6-2-1-3-7-17/h1-11H,12-16H2. The first kappa shape index (κ1) is 20.3. The molecule has 0 atom stereocenters. The molecule has 1 fully saturated rings. The van der Waals surface area contributed by atoms with Gasteiger partial charge in [-0.15, -0.1) is 15.3 Å². The molecule has 4 aromatic rings. The van der Waals surface area contributed by atoms with Gasteiger partial charge in [0.15, 0.2) is 17.3 Å². The fraction of sp³-hybridized carbons (Fsp3) is 0.240. The molecule has 2 aliphatic heterocycles. The number of aromatic nitrogens is 4. The quantitative estimate of drug-likeness (QED) is 0.445. The number of carbonyl (C=O) groups excluding carboxylic acids is 1. The van der Waals surface area contributed by atoms with Crippen molar-refractivity contribution in [3.8, 4) is 29.2 Å². The van der Waals surface area contributed by atoms with E-state index in [0.29, 0.717) is 29.2 Å². The van der Waals surface area contributed by atoms with Crippen LogP contribution in [0.25, 0.3) is 11.6 Å². The van der Waals surface area contributed by atoms with Crippen molar-refractivity contribution in [2.45, 2.75) is 24.9 Å². The van der Waals surface area contributed by atoms with Crippen LogP contribution in [0.5, 0.6) is 17.6 Å². The van der Waals surface area contributed by atoms with Crippen molar-refractivity contribution >= 4 is 11.6 Å². The molecule has 2 aliphatic rings. The first-order valence-corrected chi connectivity index (χ1v) is 11.1. The molecule has 0 radical (unpaired) electrons. The highest BCUT2D eigenvalue weighted by molar-refractivity contribution is 6.00. The topological polar surface area (TPSA) is 103 Å². The molecule has 34 heavy (non-hydrogen) atoms. The lowest BCUT2D eigenvalue weighted by Gasteiger charge is -2.44. The van der Waals surface area contributed by atoms with E-state index < -0.39 is 5.60 Å². The average Bonchev–Trinajstić information content (AvgIpc) is 3.34. The summed E-state index contributed by atoms with van der Waals surface area (Å²) in [7, 11) is 0. The highest BCUT2D eigenvalue weighted by Crippen LogP contribution is 2.39. The van der Waals surface area contributed by atoms with Gasteiger partial charge in [0, 0.05) is 25.9 Å². The summed E-state index contributed by atoms with van der Waals surface area (Å²) in [6, 6.07) is 20.4. The summed E-state index contributed by atoms with van der Waals surface area (Å²) in [5.41, 5.74) is 0.689. The number of hydrogen-bond donors (Lipinski definition) is 0. The van der Waals surface area contributed by atoms with E-state index in [2.05, 4.69) is 25.3 Å². The van der Waals surface area contributed by atoms with Crippen LogP contribution in [-0.2, 0) is 0 Å². The van der Waals surface area contributed by atoms with Crippen molar-refractivity contribution in [2.75, 3.05) is 18.0 Å². The zero-order valence-corrected chi connectivity index (χ0v) is 18.3. The smallest absolute Gasteiger partial charge is 0.420 e. The van der Waals surface area contributed by atoms with E-state index in [1.165, 1.54) is 0 Å². The molecule has 0 unspecified atom stereocenters. The highest BCUT2D eigenvalue weighted by Gasteiger charge is 2.43. The van der Waals surface area contributed by atoms with Crippen molar-refractivity contribution in [1.82, 2.24) is 20.4 Å². The molecule has 170 valence electrons. The summed E-state index contributed by atoms with van der Waals surface area (Å²) in [6.45, 7) is 1.44. The van der Waals surface area contributed by atoms with Crippen molar-refractivity contribution in [2.24, 2.45) is 0 Å². The Bertz CT molecular complexity index is 1310. The van der Waals surface area contributed by atoms with Crippen LogP contribution in [0.4, 0.5) is 5.82 Å². The Balaban J connectivity index is 1.11. The summed E-state index contributed by atoms with van der Waals surface area (Å²) in [5, 5.41) is 16.5. The Morgan fingerprint density at radius 3 is 2.44 bits per heavy atom. The van der Waals surface area contributed by atoms with Gasteiger partial charge in [0.25, 0.3) is 5.89 Å². The Labute approximate surface area is 195 Å². The normalized spacial score (nSPS) is 16.7. The van der Waals surface area contributed by atoms with Crippen LogP contribution in [0.1, 0.15) is 29.6 Å². The van der Waals surface area contributed by atoms with Crippen LogP contribution < -0.4 is 14.4 Å². The lowest BCUT2D eigenvalue weighted by Crippen LogP contribution is -2.51. The Morgan fingerprint density at radius 2 is 1.65 bits per heavy atom. The van der Waals surface area contributed by atoms with Gasteiger partial charge in [0.05, 0.1) is 12.0 Å². The summed E-state index contributed by atoms with van der Waals surface area (Å²) >= 11 is 0. The van der Waals surface area contributed by atoms with E-state index >= 15 is 0 Å². The SMILES string of the molecule is O=C1CC2(CCN(c3ccc(-c4nnc(Oc5ccccc5)o4)nn3)CC2)Oc2ccccc21. The zero-order valence-electron chi connectivity index (χ0n) is 18.3. The number of carbonyl (C=O) groups is 1. The third-order valence-corrected chi connectivity index (χ3v) is 6.22. The van der Waals surface area contributed by atoms with Crippen molar-refractivity contribution in [1.29, 1.82) is 0 Å². The molecule has 1 saturated heterocycles. The van der Waals surface area contributed by atoms with Crippen LogP contribution in [0.3, 0.4) is 0 Å². The van der Waals surface area contributed by atoms with Crippen molar-refractivity contribution in [3.63, 3.8) is 0 Å². The van der Waals surface area contributed by atoms with E-state index in [1.807, 2.05) is 48.5 Å². The van der Waals surface area contributed by atoms with Crippen LogP contribution in [-0.4, -0.2) is 44.9 Å². The number of ether oxygens (including phenoxy) is 2. The number of rotatable bonds is 4. The van der Waals surface area contributed by atoms with Gasteiger partial charge in [-0.25, -0.2) is 0 Å². The number of nitrogens with zero attached hydrogens (tertiary/aromatic N) is 5. The first-order chi connectivity index (χ1) is 16.7. The maximum Gasteiger partial charge on any atom is 0.420 e. The fourth-order valence-corrected chi connectivity index (χ4v) is 4.42. The number of anilines is 1. The largest absolute Gasteiger partial charge is 0.486 e. The van der Waals surface area contributed by atoms with Crippen LogP contribution in [0, 0.1) is 0 Å². The summed E-state index contributed by atoms with van der Waals surface area (Å²) in [5.74, 6) is 2.42. The Morgan fingerprint density at radius 1 is 0.853 bits per heavy atom. The third kappa shape index (κ3) is 3.85. The van der Waals surface area contributed by atoms with E-state index in [9.17, 15) is 4.79 Å². The Kier molecular flexibility index (Phi) is 4.94. The van der Waals surface area contributed by atoms with E-state index in [4.69, 9.17) is 13.9 Å². The summed E-state index contributed by atoms with van der Waals surface area (Å²) in [6.07, 6.45) is 1.92. The molecule has 6 rings (SSSR count). The number of benzene rings is 2. The molecule has 0 saturated carbocycles. The van der Waals surface area contributed by atoms with Gasteiger partial charge in [-0.1, -0.05) is 35.4 Å². The number of para-hydroxylation sites is 2. The minimum absolute atomic E-state index is 0.0389. The van der Waals surface area contributed by atoms with E-state index in [-0.39, 0.29) is 17.8 Å². The fourth-order valence-electron chi connectivity index (χ4n) is 4.42. The number of hydrogen-bond acceptors (Lipinski definition) is 9. The number of fused-ring (bicyclic) bond motifs is 1. The van der Waals surface area contributed by atoms with Crippen LogP contribution in [0.2, 0.25) is 0 Å². The second kappa shape index (κ2) is 8.26. The van der Waals surface area contributed by atoms with Gasteiger partial charge >= 0.3 is 6.08 Å². The average molecular weight is 455 g/mol. The van der Waals surface area contributed by atoms with Gasteiger partial charge in [0.1, 0.15) is 17.1 Å². The molecule has 0 amide bonds. The molecule has 4 heterocycles. The van der Waals surface area contributed by atoms with Crippen LogP contribution >= 0.6 is 0 Å². The number of Topliss-reactive ketones (excluding diaryl/α,β-unsaturated/α-hetero) is 1. The van der Waals surface area contributed by atoms with Gasteiger partial charge in [0.2, 0.25) is 0 Å². The first-order valence-electron chi connectivity index (χ1n) is 11.1. The second-order valence-corrected chi connectivity index (χ2v) is 8.43. The molecular formula is C25H21N5O4. The van der Waals surface area contributed by atoms with Gasteiger partial charge in [-0.2, -0.15) is 0 Å². The van der Waals surface area contributed by atoms with Crippen molar-refractivity contribution < 1.29 is 18.7 Å². The number of piperidine rings is 1. The number of ketones is 1. The van der Waals surface area contributed by atoms with E-state index in [1.54, 1.807) is 18.2 Å². The van der Waals surface area contributed by atoms with Crippen molar-refractivity contribution in [3.05, 3.63) is 72.3 Å².